The fraction of sp³-hybridized carbons (Fsp3) is 0.182. The molecule has 17 heavy (non-hydrogen) atoms. The molecule has 1 amide bonds. The summed E-state index contributed by atoms with van der Waals surface area (Å²) >= 11 is 0. The minimum atomic E-state index is -0.167. The van der Waals surface area contributed by atoms with Gasteiger partial charge in [0.2, 0.25) is 0 Å². The SMILES string of the molecule is CN(Cc1ccccn1)C(=O)c1cc(N)n[nH]1. The van der Waals surface area contributed by atoms with Crippen molar-refractivity contribution in [3.05, 3.63) is 41.9 Å². The van der Waals surface area contributed by atoms with Gasteiger partial charge in [0.15, 0.2) is 0 Å². The molecule has 0 saturated carbocycles. The van der Waals surface area contributed by atoms with Crippen LogP contribution in [-0.2, 0) is 6.54 Å². The van der Waals surface area contributed by atoms with Crippen LogP contribution in [0.25, 0.3) is 0 Å². The molecule has 0 aromatic carbocycles. The first-order valence-corrected chi connectivity index (χ1v) is 5.13. The predicted molar refractivity (Wildman–Crippen MR) is 63.0 cm³/mol. The van der Waals surface area contributed by atoms with Gasteiger partial charge in [0.25, 0.3) is 5.91 Å². The van der Waals surface area contributed by atoms with Gasteiger partial charge in [-0.2, -0.15) is 5.10 Å². The topological polar surface area (TPSA) is 87.9 Å². The second kappa shape index (κ2) is 4.65. The summed E-state index contributed by atoms with van der Waals surface area (Å²) in [6.07, 6.45) is 1.70. The Morgan fingerprint density at radius 3 is 2.94 bits per heavy atom. The number of amides is 1. The first-order chi connectivity index (χ1) is 8.16. The van der Waals surface area contributed by atoms with E-state index in [1.54, 1.807) is 18.1 Å². The van der Waals surface area contributed by atoms with Gasteiger partial charge in [-0.1, -0.05) is 6.07 Å². The average Bonchev–Trinajstić information content (AvgIpc) is 2.76. The number of rotatable bonds is 3. The van der Waals surface area contributed by atoms with E-state index >= 15 is 0 Å². The number of nitrogens with zero attached hydrogens (tertiary/aromatic N) is 3. The second-order valence-corrected chi connectivity index (χ2v) is 3.69. The Balaban J connectivity index is 2.06. The molecule has 0 fully saturated rings. The molecule has 0 unspecified atom stereocenters. The van der Waals surface area contributed by atoms with Crippen molar-refractivity contribution in [1.29, 1.82) is 0 Å². The van der Waals surface area contributed by atoms with Crippen molar-refractivity contribution in [3.63, 3.8) is 0 Å². The fourth-order valence-corrected chi connectivity index (χ4v) is 1.46. The van der Waals surface area contributed by atoms with Crippen molar-refractivity contribution < 1.29 is 4.79 Å². The smallest absolute Gasteiger partial charge is 0.272 e. The van der Waals surface area contributed by atoms with Crippen LogP contribution in [0.15, 0.2) is 30.5 Å². The average molecular weight is 231 g/mol. The van der Waals surface area contributed by atoms with E-state index in [4.69, 9.17) is 5.73 Å². The third kappa shape index (κ3) is 2.60. The lowest BCUT2D eigenvalue weighted by Crippen LogP contribution is -2.26. The Kier molecular flexibility index (Phi) is 3.04. The zero-order chi connectivity index (χ0) is 12.3. The van der Waals surface area contributed by atoms with Gasteiger partial charge in [0.05, 0.1) is 12.2 Å². The van der Waals surface area contributed by atoms with Crippen molar-refractivity contribution in [2.75, 3.05) is 12.8 Å². The molecule has 6 nitrogen and oxygen atoms in total. The van der Waals surface area contributed by atoms with E-state index in [2.05, 4.69) is 15.2 Å². The molecule has 0 aliphatic heterocycles. The number of hydrogen-bond donors (Lipinski definition) is 2. The molecule has 0 bridgehead atoms. The number of aromatic amines is 1. The number of hydrogen-bond acceptors (Lipinski definition) is 4. The van der Waals surface area contributed by atoms with E-state index in [0.29, 0.717) is 18.1 Å². The lowest BCUT2D eigenvalue weighted by molar-refractivity contribution is 0.0777. The Hall–Kier alpha value is -2.37. The number of carbonyl (C=O) groups is 1. The molecule has 88 valence electrons. The van der Waals surface area contributed by atoms with Gasteiger partial charge in [-0.25, -0.2) is 0 Å². The lowest BCUT2D eigenvalue weighted by atomic mass is 10.3. The van der Waals surface area contributed by atoms with Crippen LogP contribution in [0.3, 0.4) is 0 Å². The number of pyridine rings is 1. The molecule has 0 saturated heterocycles. The van der Waals surface area contributed by atoms with Crippen LogP contribution in [0.5, 0.6) is 0 Å². The van der Waals surface area contributed by atoms with Crippen molar-refractivity contribution >= 4 is 11.7 Å². The maximum Gasteiger partial charge on any atom is 0.272 e. The number of carbonyl (C=O) groups excluding carboxylic acids is 1. The number of nitrogens with two attached hydrogens (primary N) is 1. The van der Waals surface area contributed by atoms with E-state index in [0.717, 1.165) is 5.69 Å². The molecule has 0 aliphatic carbocycles. The summed E-state index contributed by atoms with van der Waals surface area (Å²) in [4.78, 5) is 17.6. The van der Waals surface area contributed by atoms with E-state index in [1.165, 1.54) is 6.07 Å². The molecule has 2 aromatic heterocycles. The highest BCUT2D eigenvalue weighted by Crippen LogP contribution is 2.06. The molecule has 2 heterocycles. The standard InChI is InChI=1S/C11H13N5O/c1-16(7-8-4-2-3-5-13-8)11(17)9-6-10(12)15-14-9/h2-6H,7H2,1H3,(H3,12,14,15). The zero-order valence-electron chi connectivity index (χ0n) is 9.42. The van der Waals surface area contributed by atoms with Crippen LogP contribution in [0.2, 0.25) is 0 Å². The highest BCUT2D eigenvalue weighted by atomic mass is 16.2. The zero-order valence-corrected chi connectivity index (χ0v) is 9.42. The number of anilines is 1. The van der Waals surface area contributed by atoms with Crippen LogP contribution < -0.4 is 5.73 Å². The fourth-order valence-electron chi connectivity index (χ4n) is 1.46. The number of H-pyrrole nitrogens is 1. The molecule has 2 rings (SSSR count). The molecule has 0 spiro atoms. The van der Waals surface area contributed by atoms with Gasteiger partial charge < -0.3 is 10.6 Å². The summed E-state index contributed by atoms with van der Waals surface area (Å²) in [5.41, 5.74) is 6.65. The van der Waals surface area contributed by atoms with Crippen molar-refractivity contribution in [1.82, 2.24) is 20.1 Å². The maximum atomic E-state index is 11.9. The molecular formula is C11H13N5O. The third-order valence-electron chi connectivity index (χ3n) is 2.30. The van der Waals surface area contributed by atoms with E-state index < -0.39 is 0 Å². The lowest BCUT2D eigenvalue weighted by Gasteiger charge is -2.15. The van der Waals surface area contributed by atoms with Crippen LogP contribution in [-0.4, -0.2) is 33.0 Å². The normalized spacial score (nSPS) is 10.2. The van der Waals surface area contributed by atoms with E-state index in [9.17, 15) is 4.79 Å². The van der Waals surface area contributed by atoms with Gasteiger partial charge in [-0.3, -0.25) is 14.9 Å². The Morgan fingerprint density at radius 2 is 2.35 bits per heavy atom. The van der Waals surface area contributed by atoms with Crippen LogP contribution in [0.1, 0.15) is 16.2 Å². The summed E-state index contributed by atoms with van der Waals surface area (Å²) in [7, 11) is 1.70. The minimum absolute atomic E-state index is 0.167. The Morgan fingerprint density at radius 1 is 1.53 bits per heavy atom. The molecule has 3 N–H and O–H groups in total. The third-order valence-corrected chi connectivity index (χ3v) is 2.30. The predicted octanol–water partition coefficient (Wildman–Crippen LogP) is 0.659. The number of nitrogens with one attached hydrogen (secondary N) is 1. The Labute approximate surface area is 98.5 Å². The number of aromatic nitrogens is 3. The molecule has 2 aromatic rings. The maximum absolute atomic E-state index is 11.9. The first kappa shape index (κ1) is 11.1. The molecule has 0 atom stereocenters. The van der Waals surface area contributed by atoms with Crippen molar-refractivity contribution in [2.45, 2.75) is 6.54 Å². The summed E-state index contributed by atoms with van der Waals surface area (Å²) in [6.45, 7) is 0.443. The highest BCUT2D eigenvalue weighted by Gasteiger charge is 2.14. The minimum Gasteiger partial charge on any atom is -0.382 e. The summed E-state index contributed by atoms with van der Waals surface area (Å²) in [5, 5.41) is 6.30. The van der Waals surface area contributed by atoms with Crippen LogP contribution in [0.4, 0.5) is 5.82 Å². The van der Waals surface area contributed by atoms with E-state index in [-0.39, 0.29) is 5.91 Å². The van der Waals surface area contributed by atoms with Gasteiger partial charge in [0, 0.05) is 19.3 Å². The summed E-state index contributed by atoms with van der Waals surface area (Å²) in [5.74, 6) is 0.138. The van der Waals surface area contributed by atoms with Gasteiger partial charge >= 0.3 is 0 Å². The quantitative estimate of drug-likeness (QED) is 0.812. The van der Waals surface area contributed by atoms with Crippen LogP contribution in [0, 0.1) is 0 Å². The molecule has 0 radical (unpaired) electrons. The molecule has 0 aliphatic rings. The molecular weight excluding hydrogens is 218 g/mol. The Bertz CT molecular complexity index is 508. The summed E-state index contributed by atoms with van der Waals surface area (Å²) in [6, 6.07) is 7.10. The molecule has 6 heteroatoms. The first-order valence-electron chi connectivity index (χ1n) is 5.13. The summed E-state index contributed by atoms with van der Waals surface area (Å²) < 4.78 is 0. The van der Waals surface area contributed by atoms with Gasteiger partial charge in [0.1, 0.15) is 11.5 Å². The highest BCUT2D eigenvalue weighted by molar-refractivity contribution is 5.92. The van der Waals surface area contributed by atoms with Crippen molar-refractivity contribution in [2.24, 2.45) is 0 Å². The van der Waals surface area contributed by atoms with Gasteiger partial charge in [-0.15, -0.1) is 0 Å². The second-order valence-electron chi connectivity index (χ2n) is 3.69. The van der Waals surface area contributed by atoms with Crippen LogP contribution >= 0.6 is 0 Å². The monoisotopic (exact) mass is 231 g/mol. The van der Waals surface area contributed by atoms with Gasteiger partial charge in [-0.05, 0) is 12.1 Å². The number of nitrogen functional groups attached to an aromatic ring is 1. The van der Waals surface area contributed by atoms with Crippen molar-refractivity contribution in [3.8, 4) is 0 Å². The largest absolute Gasteiger partial charge is 0.382 e. The van der Waals surface area contributed by atoms with E-state index in [1.807, 2.05) is 18.2 Å².